The Balaban J connectivity index is 1.90. The van der Waals surface area contributed by atoms with Crippen molar-refractivity contribution < 1.29 is 0 Å². The molecule has 0 aliphatic heterocycles. The van der Waals surface area contributed by atoms with Gasteiger partial charge in [-0.3, -0.25) is 0 Å². The monoisotopic (exact) mass is 231 g/mol. The van der Waals surface area contributed by atoms with Crippen LogP contribution in [0.25, 0.3) is 0 Å². The molecule has 17 heavy (non-hydrogen) atoms. The summed E-state index contributed by atoms with van der Waals surface area (Å²) in [7, 11) is 0. The molecule has 0 bridgehead atoms. The van der Waals surface area contributed by atoms with Crippen molar-refractivity contribution in [1.82, 2.24) is 0 Å². The highest BCUT2D eigenvalue weighted by atomic mass is 14.9. The topological polar surface area (TPSA) is 12.0 Å². The van der Waals surface area contributed by atoms with E-state index in [9.17, 15) is 0 Å². The van der Waals surface area contributed by atoms with E-state index in [1.54, 1.807) is 0 Å². The van der Waals surface area contributed by atoms with Crippen LogP contribution in [-0.2, 0) is 6.42 Å². The molecule has 1 aromatic rings. The van der Waals surface area contributed by atoms with E-state index in [0.717, 1.165) is 12.3 Å². The van der Waals surface area contributed by atoms with Gasteiger partial charge >= 0.3 is 0 Å². The first-order valence-corrected chi connectivity index (χ1v) is 7.17. The summed E-state index contributed by atoms with van der Waals surface area (Å²) in [5.41, 5.74) is 2.72. The molecule has 0 amide bonds. The maximum atomic E-state index is 3.70. The van der Waals surface area contributed by atoms with Crippen molar-refractivity contribution in [3.05, 3.63) is 29.8 Å². The molecule has 94 valence electrons. The molecule has 1 fully saturated rings. The molecule has 1 aliphatic rings. The van der Waals surface area contributed by atoms with Crippen LogP contribution in [0.15, 0.2) is 24.3 Å². The van der Waals surface area contributed by atoms with Crippen LogP contribution in [0.1, 0.15) is 51.5 Å². The van der Waals surface area contributed by atoms with Crippen LogP contribution in [0.4, 0.5) is 5.69 Å². The van der Waals surface area contributed by atoms with E-state index < -0.39 is 0 Å². The fraction of sp³-hybridized carbons (Fsp3) is 0.625. The summed E-state index contributed by atoms with van der Waals surface area (Å²) >= 11 is 0. The van der Waals surface area contributed by atoms with Gasteiger partial charge in [0.15, 0.2) is 0 Å². The molecule has 1 saturated carbocycles. The fourth-order valence-corrected chi connectivity index (χ4v) is 2.87. The number of anilines is 1. The Morgan fingerprint density at radius 1 is 1.12 bits per heavy atom. The smallest absolute Gasteiger partial charge is 0.0342 e. The molecule has 1 aliphatic carbocycles. The minimum absolute atomic E-state index is 0.696. The van der Waals surface area contributed by atoms with Gasteiger partial charge in [0.05, 0.1) is 0 Å². The number of hydrogen-bond donors (Lipinski definition) is 1. The Hall–Kier alpha value is -0.980. The summed E-state index contributed by atoms with van der Waals surface area (Å²) in [5, 5.41) is 3.70. The summed E-state index contributed by atoms with van der Waals surface area (Å²) in [6, 6.07) is 9.63. The van der Waals surface area contributed by atoms with Gasteiger partial charge in [-0.1, -0.05) is 45.2 Å². The highest BCUT2D eigenvalue weighted by Gasteiger charge is 2.20. The van der Waals surface area contributed by atoms with Crippen LogP contribution in [0, 0.1) is 5.92 Å². The maximum Gasteiger partial charge on any atom is 0.0342 e. The molecule has 0 heterocycles. The molecule has 2 atom stereocenters. The summed E-state index contributed by atoms with van der Waals surface area (Å²) in [6.45, 7) is 4.53. The molecule has 1 aromatic carbocycles. The Morgan fingerprint density at radius 2 is 1.88 bits per heavy atom. The lowest BCUT2D eigenvalue weighted by Crippen LogP contribution is -2.26. The van der Waals surface area contributed by atoms with Gasteiger partial charge in [0, 0.05) is 11.7 Å². The van der Waals surface area contributed by atoms with Gasteiger partial charge < -0.3 is 5.32 Å². The molecule has 0 aromatic heterocycles. The normalized spacial score (nSPS) is 24.6. The van der Waals surface area contributed by atoms with Crippen molar-refractivity contribution in [2.24, 2.45) is 5.92 Å². The second-order valence-corrected chi connectivity index (χ2v) is 5.33. The van der Waals surface area contributed by atoms with Gasteiger partial charge in [-0.2, -0.15) is 0 Å². The zero-order chi connectivity index (χ0) is 12.1. The SMILES string of the molecule is CCc1ccc(NC2CCCC(CC)C2)cc1. The second-order valence-electron chi connectivity index (χ2n) is 5.33. The average Bonchev–Trinajstić information content (AvgIpc) is 2.40. The number of benzene rings is 1. The largest absolute Gasteiger partial charge is 0.382 e. The van der Waals surface area contributed by atoms with Gasteiger partial charge in [0.2, 0.25) is 0 Å². The van der Waals surface area contributed by atoms with Crippen molar-refractivity contribution in [3.63, 3.8) is 0 Å². The first-order valence-electron chi connectivity index (χ1n) is 7.17. The van der Waals surface area contributed by atoms with Crippen LogP contribution >= 0.6 is 0 Å². The predicted octanol–water partition coefficient (Wildman–Crippen LogP) is 4.63. The quantitative estimate of drug-likeness (QED) is 0.796. The maximum absolute atomic E-state index is 3.70. The third kappa shape index (κ3) is 3.49. The fourth-order valence-electron chi connectivity index (χ4n) is 2.87. The summed E-state index contributed by atoms with van der Waals surface area (Å²) in [6.07, 6.45) is 7.99. The van der Waals surface area contributed by atoms with Gasteiger partial charge in [-0.05, 0) is 42.9 Å². The second kappa shape index (κ2) is 6.09. The van der Waals surface area contributed by atoms with Gasteiger partial charge in [0.1, 0.15) is 0 Å². The molecule has 0 spiro atoms. The molecule has 1 heteroatoms. The van der Waals surface area contributed by atoms with Crippen molar-refractivity contribution in [3.8, 4) is 0 Å². The van der Waals surface area contributed by atoms with Crippen molar-refractivity contribution in [1.29, 1.82) is 0 Å². The lowest BCUT2D eigenvalue weighted by atomic mass is 9.84. The Bertz CT molecular complexity index is 328. The summed E-state index contributed by atoms with van der Waals surface area (Å²) < 4.78 is 0. The van der Waals surface area contributed by atoms with E-state index in [2.05, 4.69) is 43.4 Å². The molecule has 0 saturated heterocycles. The van der Waals surface area contributed by atoms with Crippen LogP contribution in [0.2, 0.25) is 0 Å². The van der Waals surface area contributed by atoms with E-state index in [4.69, 9.17) is 0 Å². The molecule has 2 rings (SSSR count). The van der Waals surface area contributed by atoms with E-state index in [-0.39, 0.29) is 0 Å². The van der Waals surface area contributed by atoms with Gasteiger partial charge in [-0.25, -0.2) is 0 Å². The van der Waals surface area contributed by atoms with Crippen LogP contribution in [-0.4, -0.2) is 6.04 Å². The number of nitrogens with one attached hydrogen (secondary N) is 1. The molecular weight excluding hydrogens is 206 g/mol. The third-order valence-corrected chi connectivity index (χ3v) is 4.09. The first kappa shape index (κ1) is 12.5. The highest BCUT2D eigenvalue weighted by molar-refractivity contribution is 5.45. The highest BCUT2D eigenvalue weighted by Crippen LogP contribution is 2.28. The Kier molecular flexibility index (Phi) is 4.47. The van der Waals surface area contributed by atoms with Gasteiger partial charge in [-0.15, -0.1) is 0 Å². The van der Waals surface area contributed by atoms with Crippen LogP contribution < -0.4 is 5.32 Å². The molecular formula is C16H25N. The van der Waals surface area contributed by atoms with Crippen LogP contribution in [0.3, 0.4) is 0 Å². The first-order chi connectivity index (χ1) is 8.31. The van der Waals surface area contributed by atoms with E-state index in [0.29, 0.717) is 6.04 Å². The van der Waals surface area contributed by atoms with Crippen molar-refractivity contribution in [2.75, 3.05) is 5.32 Å². The average molecular weight is 231 g/mol. The minimum Gasteiger partial charge on any atom is -0.382 e. The minimum atomic E-state index is 0.696. The lowest BCUT2D eigenvalue weighted by molar-refractivity contribution is 0.327. The van der Waals surface area contributed by atoms with E-state index in [1.807, 2.05) is 0 Å². The predicted molar refractivity (Wildman–Crippen MR) is 75.5 cm³/mol. The number of rotatable bonds is 4. The molecule has 1 N–H and O–H groups in total. The standard InChI is InChI=1S/C16H25N/c1-3-13-8-10-15(11-9-13)17-16-7-5-6-14(4-2)12-16/h8-11,14,16-17H,3-7,12H2,1-2H3. The van der Waals surface area contributed by atoms with Crippen molar-refractivity contribution in [2.45, 2.75) is 58.4 Å². The molecule has 2 unspecified atom stereocenters. The lowest BCUT2D eigenvalue weighted by Gasteiger charge is -2.29. The Morgan fingerprint density at radius 3 is 2.53 bits per heavy atom. The van der Waals surface area contributed by atoms with Crippen molar-refractivity contribution >= 4 is 5.69 Å². The van der Waals surface area contributed by atoms with Gasteiger partial charge in [0.25, 0.3) is 0 Å². The zero-order valence-corrected chi connectivity index (χ0v) is 11.2. The number of aryl methyl sites for hydroxylation is 1. The van der Waals surface area contributed by atoms with E-state index >= 15 is 0 Å². The number of hydrogen-bond acceptors (Lipinski definition) is 1. The van der Waals surface area contributed by atoms with E-state index in [1.165, 1.54) is 43.4 Å². The molecule has 0 radical (unpaired) electrons. The third-order valence-electron chi connectivity index (χ3n) is 4.09. The Labute approximate surface area is 106 Å². The summed E-state index contributed by atoms with van der Waals surface area (Å²) in [5.74, 6) is 0.941. The summed E-state index contributed by atoms with van der Waals surface area (Å²) in [4.78, 5) is 0. The zero-order valence-electron chi connectivity index (χ0n) is 11.2. The van der Waals surface area contributed by atoms with Crippen LogP contribution in [0.5, 0.6) is 0 Å². The molecule has 1 nitrogen and oxygen atoms in total.